The number of carbonyl (C=O) groups is 2. The van der Waals surface area contributed by atoms with Crippen molar-refractivity contribution >= 4 is 40.0 Å². The van der Waals surface area contributed by atoms with Gasteiger partial charge < -0.3 is 24.8 Å². The Kier molecular flexibility index (Phi) is 6.77. The molecule has 0 saturated heterocycles. The minimum Gasteiger partial charge on any atom is -0.493 e. The lowest BCUT2D eigenvalue weighted by molar-refractivity contribution is -0.133. The summed E-state index contributed by atoms with van der Waals surface area (Å²) in [6.07, 6.45) is 3.92. The molecule has 0 unspecified atom stereocenters. The van der Waals surface area contributed by atoms with E-state index in [1.54, 1.807) is 44.7 Å². The van der Waals surface area contributed by atoms with Gasteiger partial charge in [0.25, 0.3) is 0 Å². The number of primary amides is 1. The molecule has 1 fully saturated rings. The van der Waals surface area contributed by atoms with Gasteiger partial charge in [-0.05, 0) is 36.6 Å². The maximum Gasteiger partial charge on any atom is 0.243 e. The molecular weight excluding hydrogens is 508 g/mol. The van der Waals surface area contributed by atoms with E-state index in [0.717, 1.165) is 5.56 Å². The van der Waals surface area contributed by atoms with Gasteiger partial charge in [0.15, 0.2) is 11.5 Å². The van der Waals surface area contributed by atoms with Gasteiger partial charge in [0.2, 0.25) is 17.7 Å². The van der Waals surface area contributed by atoms with Crippen LogP contribution in [0.4, 0.5) is 5.69 Å². The Bertz CT molecular complexity index is 1520. The fourth-order valence-electron chi connectivity index (χ4n) is 4.27. The number of halogens is 1. The highest BCUT2D eigenvalue weighted by atomic mass is 35.5. The number of benzene rings is 2. The van der Waals surface area contributed by atoms with E-state index in [-0.39, 0.29) is 23.4 Å². The maximum atomic E-state index is 13.5. The largest absolute Gasteiger partial charge is 0.493 e. The molecule has 0 radical (unpaired) electrons. The van der Waals surface area contributed by atoms with Crippen LogP contribution in [-0.2, 0) is 16.1 Å². The summed E-state index contributed by atoms with van der Waals surface area (Å²) >= 11 is 6.60. The predicted molar refractivity (Wildman–Crippen MR) is 143 cm³/mol. The Morgan fingerprint density at radius 3 is 2.34 bits per heavy atom. The number of anilines is 1. The van der Waals surface area contributed by atoms with Crippen molar-refractivity contribution in [2.75, 3.05) is 19.1 Å². The first-order valence-corrected chi connectivity index (χ1v) is 12.2. The highest BCUT2D eigenvalue weighted by Crippen LogP contribution is 2.48. The van der Waals surface area contributed by atoms with Crippen LogP contribution in [0.1, 0.15) is 18.4 Å². The summed E-state index contributed by atoms with van der Waals surface area (Å²) in [7, 11) is 3.10. The summed E-state index contributed by atoms with van der Waals surface area (Å²) in [6.45, 7) is 0.226. The standard InChI is InChI=1S/C28H25ClN4O5/c1-36-23-13-19-21(14-24(23)37-2)31-11-8-22(19)38-25-20(29)12-18(15-32-25)33(16-17-6-4-3-5-7-17)27(35)28(9-10-28)26(30)34/h3-8,11-15H,9-10,16H2,1-2H3,(H2,30,34). The van der Waals surface area contributed by atoms with E-state index in [2.05, 4.69) is 9.97 Å². The molecule has 2 N–H and O–H groups in total. The zero-order chi connectivity index (χ0) is 26.9. The first-order valence-electron chi connectivity index (χ1n) is 11.9. The van der Waals surface area contributed by atoms with E-state index in [0.29, 0.717) is 46.7 Å². The molecule has 0 atom stereocenters. The van der Waals surface area contributed by atoms with Crippen molar-refractivity contribution in [3.63, 3.8) is 0 Å². The summed E-state index contributed by atoms with van der Waals surface area (Å²) < 4.78 is 16.8. The number of aromatic nitrogens is 2. The predicted octanol–water partition coefficient (Wildman–Crippen LogP) is 4.89. The van der Waals surface area contributed by atoms with E-state index in [1.165, 1.54) is 11.1 Å². The molecule has 0 bridgehead atoms. The summed E-state index contributed by atoms with van der Waals surface area (Å²) in [5, 5.41) is 0.854. The number of nitrogens with two attached hydrogens (primary N) is 1. The number of nitrogens with zero attached hydrogens (tertiary/aromatic N) is 3. The number of ether oxygens (including phenoxy) is 3. The van der Waals surface area contributed by atoms with E-state index >= 15 is 0 Å². The molecule has 1 aliphatic carbocycles. The van der Waals surface area contributed by atoms with Gasteiger partial charge in [0.05, 0.1) is 38.2 Å². The normalized spacial score (nSPS) is 13.6. The lowest BCUT2D eigenvalue weighted by Gasteiger charge is -2.26. The van der Waals surface area contributed by atoms with Crippen LogP contribution in [0.15, 0.2) is 67.0 Å². The van der Waals surface area contributed by atoms with Crippen LogP contribution < -0.4 is 24.8 Å². The smallest absolute Gasteiger partial charge is 0.243 e. The van der Waals surface area contributed by atoms with Crippen LogP contribution in [0, 0.1) is 5.41 Å². The average Bonchev–Trinajstić information content (AvgIpc) is 3.75. The zero-order valence-corrected chi connectivity index (χ0v) is 21.6. The van der Waals surface area contributed by atoms with Crippen molar-refractivity contribution in [2.24, 2.45) is 11.1 Å². The Labute approximate surface area is 224 Å². The number of carbonyl (C=O) groups excluding carboxylic acids is 2. The monoisotopic (exact) mass is 532 g/mol. The first kappa shape index (κ1) is 25.3. The molecule has 10 heteroatoms. The summed E-state index contributed by atoms with van der Waals surface area (Å²) in [4.78, 5) is 35.9. The number of methoxy groups -OCH3 is 2. The van der Waals surface area contributed by atoms with Crippen molar-refractivity contribution in [1.29, 1.82) is 0 Å². The molecule has 0 spiro atoms. The number of hydrogen-bond acceptors (Lipinski definition) is 7. The van der Waals surface area contributed by atoms with Crippen LogP contribution in [0.2, 0.25) is 5.02 Å². The zero-order valence-electron chi connectivity index (χ0n) is 20.8. The molecule has 0 aliphatic heterocycles. The molecule has 2 aromatic heterocycles. The second-order valence-electron chi connectivity index (χ2n) is 8.94. The van der Waals surface area contributed by atoms with Gasteiger partial charge in [0, 0.05) is 17.6 Å². The van der Waals surface area contributed by atoms with Crippen molar-refractivity contribution < 1.29 is 23.8 Å². The quantitative estimate of drug-likeness (QED) is 0.305. The third kappa shape index (κ3) is 4.68. The average molecular weight is 533 g/mol. The number of amides is 2. The molecule has 1 aliphatic rings. The van der Waals surface area contributed by atoms with E-state index in [9.17, 15) is 9.59 Å². The maximum absolute atomic E-state index is 13.5. The SMILES string of the molecule is COc1cc2nccc(Oc3ncc(N(Cc4ccccc4)C(=O)C4(C(N)=O)CC4)cc3Cl)c2cc1OC. The fourth-order valence-corrected chi connectivity index (χ4v) is 4.47. The number of pyridine rings is 2. The topological polar surface area (TPSA) is 117 Å². The second-order valence-corrected chi connectivity index (χ2v) is 9.35. The van der Waals surface area contributed by atoms with Crippen molar-refractivity contribution in [2.45, 2.75) is 19.4 Å². The lowest BCUT2D eigenvalue weighted by Crippen LogP contribution is -2.43. The first-order chi connectivity index (χ1) is 18.4. The minimum atomic E-state index is -1.20. The molecule has 4 aromatic rings. The molecule has 2 amide bonds. The molecule has 38 heavy (non-hydrogen) atoms. The van der Waals surface area contributed by atoms with E-state index in [4.69, 9.17) is 31.5 Å². The number of fused-ring (bicyclic) bond motifs is 1. The van der Waals surface area contributed by atoms with Crippen LogP contribution in [0.5, 0.6) is 23.1 Å². The molecule has 194 valence electrons. The third-order valence-electron chi connectivity index (χ3n) is 6.58. The third-order valence-corrected chi connectivity index (χ3v) is 6.85. The number of hydrogen-bond donors (Lipinski definition) is 1. The van der Waals surface area contributed by atoms with Gasteiger partial charge in [-0.15, -0.1) is 0 Å². The Balaban J connectivity index is 1.48. The van der Waals surface area contributed by atoms with Crippen LogP contribution >= 0.6 is 11.6 Å². The van der Waals surface area contributed by atoms with Crippen LogP contribution in [0.25, 0.3) is 10.9 Å². The van der Waals surface area contributed by atoms with Crippen molar-refractivity contribution in [3.8, 4) is 23.1 Å². The van der Waals surface area contributed by atoms with Crippen molar-refractivity contribution in [1.82, 2.24) is 9.97 Å². The van der Waals surface area contributed by atoms with Gasteiger partial charge in [0.1, 0.15) is 16.2 Å². The molecule has 2 aromatic carbocycles. The fraction of sp³-hybridized carbons (Fsp3) is 0.214. The lowest BCUT2D eigenvalue weighted by atomic mass is 10.0. The molecule has 9 nitrogen and oxygen atoms in total. The molecule has 5 rings (SSSR count). The summed E-state index contributed by atoms with van der Waals surface area (Å²) in [5.41, 5.74) is 6.33. The van der Waals surface area contributed by atoms with Crippen LogP contribution in [-0.4, -0.2) is 36.0 Å². The van der Waals surface area contributed by atoms with Gasteiger partial charge in [-0.25, -0.2) is 4.98 Å². The molecule has 2 heterocycles. The highest BCUT2D eigenvalue weighted by Gasteiger charge is 2.57. The van der Waals surface area contributed by atoms with Gasteiger partial charge in [-0.3, -0.25) is 14.6 Å². The Hall–Kier alpha value is -4.37. The van der Waals surface area contributed by atoms with E-state index in [1.807, 2.05) is 30.3 Å². The van der Waals surface area contributed by atoms with E-state index < -0.39 is 11.3 Å². The minimum absolute atomic E-state index is 0.140. The van der Waals surface area contributed by atoms with Crippen LogP contribution in [0.3, 0.4) is 0 Å². The number of rotatable bonds is 9. The van der Waals surface area contributed by atoms with Gasteiger partial charge in [-0.1, -0.05) is 41.9 Å². The van der Waals surface area contributed by atoms with Gasteiger partial charge in [-0.2, -0.15) is 0 Å². The Morgan fingerprint density at radius 2 is 1.71 bits per heavy atom. The molecular formula is C28H25ClN4O5. The second kappa shape index (κ2) is 10.2. The molecule has 1 saturated carbocycles. The highest BCUT2D eigenvalue weighted by molar-refractivity contribution is 6.32. The summed E-state index contributed by atoms with van der Waals surface area (Å²) in [6, 6.07) is 16.2. The summed E-state index contributed by atoms with van der Waals surface area (Å²) in [5.74, 6) is 0.656. The van der Waals surface area contributed by atoms with Crippen molar-refractivity contribution in [3.05, 3.63) is 77.6 Å². The van der Waals surface area contributed by atoms with Gasteiger partial charge >= 0.3 is 0 Å². The Morgan fingerprint density at radius 1 is 1.00 bits per heavy atom.